The number of hydrogen-bond acceptors (Lipinski definition) is 3. The lowest BCUT2D eigenvalue weighted by atomic mass is 9.93. The van der Waals surface area contributed by atoms with Crippen molar-refractivity contribution < 1.29 is 9.53 Å². The summed E-state index contributed by atoms with van der Waals surface area (Å²) in [5, 5.41) is 0. The quantitative estimate of drug-likeness (QED) is 0.635. The topological polar surface area (TPSA) is 29.5 Å². The zero-order valence-electron chi connectivity index (χ0n) is 8.16. The third-order valence-electron chi connectivity index (χ3n) is 3.19. The second-order valence-electron chi connectivity index (χ2n) is 4.00. The third-order valence-corrected chi connectivity index (χ3v) is 3.19. The van der Waals surface area contributed by atoms with Gasteiger partial charge in [0.15, 0.2) is 0 Å². The molecule has 0 N–H and O–H groups in total. The summed E-state index contributed by atoms with van der Waals surface area (Å²) >= 11 is 0. The summed E-state index contributed by atoms with van der Waals surface area (Å²) in [4.78, 5) is 13.6. The Morgan fingerprint density at radius 3 is 2.46 bits per heavy atom. The maximum Gasteiger partial charge on any atom is 0.146 e. The third kappa shape index (κ3) is 1.76. The van der Waals surface area contributed by atoms with E-state index in [1.807, 2.05) is 0 Å². The smallest absolute Gasteiger partial charge is 0.146 e. The summed E-state index contributed by atoms with van der Waals surface area (Å²) < 4.78 is 5.30. The average molecular weight is 183 g/mol. The molecule has 2 fully saturated rings. The number of carbonyl (C=O) groups is 1. The van der Waals surface area contributed by atoms with Crippen LogP contribution in [0.2, 0.25) is 0 Å². The molecular weight excluding hydrogens is 166 g/mol. The predicted octanol–water partition coefficient (Wildman–Crippen LogP) is 0.829. The highest BCUT2D eigenvalue weighted by Gasteiger charge is 2.36. The van der Waals surface area contributed by atoms with Gasteiger partial charge >= 0.3 is 0 Å². The fourth-order valence-corrected chi connectivity index (χ4v) is 2.30. The Hall–Kier alpha value is -0.410. The van der Waals surface area contributed by atoms with Gasteiger partial charge in [-0.2, -0.15) is 0 Å². The molecule has 74 valence electrons. The lowest BCUT2D eigenvalue weighted by Crippen LogP contribution is -2.57. The largest absolute Gasteiger partial charge is 0.381 e. The minimum absolute atomic E-state index is 0.225. The molecule has 0 radical (unpaired) electrons. The van der Waals surface area contributed by atoms with Crippen molar-refractivity contribution in [2.75, 3.05) is 19.8 Å². The molecule has 0 aromatic carbocycles. The summed E-state index contributed by atoms with van der Waals surface area (Å²) in [5.41, 5.74) is 0. The van der Waals surface area contributed by atoms with Gasteiger partial charge in [0.1, 0.15) is 5.78 Å². The van der Waals surface area contributed by atoms with E-state index in [1.54, 1.807) is 6.92 Å². The molecule has 0 saturated carbocycles. The number of likely N-dealkylation sites (tertiary alicyclic amines) is 1. The van der Waals surface area contributed by atoms with Gasteiger partial charge in [-0.25, -0.2) is 0 Å². The van der Waals surface area contributed by atoms with Crippen LogP contribution in [0.4, 0.5) is 0 Å². The van der Waals surface area contributed by atoms with Crippen LogP contribution in [0.3, 0.4) is 0 Å². The van der Waals surface area contributed by atoms with Crippen molar-refractivity contribution in [2.24, 2.45) is 0 Å². The number of nitrogens with zero attached hydrogens (tertiary/aromatic N) is 1. The minimum atomic E-state index is 0.225. The maximum atomic E-state index is 11.2. The normalized spacial score (nSPS) is 31.3. The van der Waals surface area contributed by atoms with Crippen LogP contribution in [0.15, 0.2) is 0 Å². The van der Waals surface area contributed by atoms with Gasteiger partial charge in [-0.05, 0) is 26.2 Å². The van der Waals surface area contributed by atoms with E-state index in [9.17, 15) is 4.79 Å². The van der Waals surface area contributed by atoms with Gasteiger partial charge < -0.3 is 4.74 Å². The molecule has 3 nitrogen and oxygen atoms in total. The Balaban J connectivity index is 1.89. The molecular formula is C10H17NO2. The first kappa shape index (κ1) is 9.16. The van der Waals surface area contributed by atoms with Crippen molar-refractivity contribution in [3.63, 3.8) is 0 Å². The fraction of sp³-hybridized carbons (Fsp3) is 0.900. The van der Waals surface area contributed by atoms with Crippen molar-refractivity contribution in [3.05, 3.63) is 0 Å². The van der Waals surface area contributed by atoms with Crippen molar-refractivity contribution in [1.29, 1.82) is 0 Å². The molecule has 2 aliphatic rings. The zero-order chi connectivity index (χ0) is 9.26. The summed E-state index contributed by atoms with van der Waals surface area (Å²) in [5.74, 6) is 0.331. The second-order valence-corrected chi connectivity index (χ2v) is 4.00. The molecule has 0 aromatic rings. The van der Waals surface area contributed by atoms with E-state index in [0.717, 1.165) is 39.0 Å². The van der Waals surface area contributed by atoms with Crippen LogP contribution >= 0.6 is 0 Å². The summed E-state index contributed by atoms with van der Waals surface area (Å²) in [7, 11) is 0. The number of carbonyl (C=O) groups excluding carboxylic acids is 1. The van der Waals surface area contributed by atoms with Crippen molar-refractivity contribution in [3.8, 4) is 0 Å². The first-order chi connectivity index (χ1) is 6.29. The Morgan fingerprint density at radius 1 is 1.31 bits per heavy atom. The van der Waals surface area contributed by atoms with Crippen LogP contribution in [0.25, 0.3) is 0 Å². The molecule has 2 heterocycles. The molecule has 0 aliphatic carbocycles. The molecule has 13 heavy (non-hydrogen) atoms. The minimum Gasteiger partial charge on any atom is -0.381 e. The van der Waals surface area contributed by atoms with E-state index >= 15 is 0 Å². The molecule has 0 unspecified atom stereocenters. The summed E-state index contributed by atoms with van der Waals surface area (Å²) in [6.45, 7) is 4.54. The van der Waals surface area contributed by atoms with Gasteiger partial charge in [-0.15, -0.1) is 0 Å². The molecule has 0 bridgehead atoms. The molecule has 0 spiro atoms. The zero-order valence-corrected chi connectivity index (χ0v) is 8.16. The van der Waals surface area contributed by atoms with Crippen LogP contribution in [-0.2, 0) is 9.53 Å². The van der Waals surface area contributed by atoms with E-state index in [0.29, 0.717) is 11.8 Å². The van der Waals surface area contributed by atoms with Crippen molar-refractivity contribution in [1.82, 2.24) is 4.90 Å². The number of Topliss-reactive ketones (excluding diaryl/α,β-unsaturated/α-hetero) is 1. The first-order valence-electron chi connectivity index (χ1n) is 5.13. The maximum absolute atomic E-state index is 11.2. The molecule has 2 rings (SSSR count). The van der Waals surface area contributed by atoms with Crippen LogP contribution in [0.5, 0.6) is 0 Å². The van der Waals surface area contributed by atoms with Gasteiger partial charge in [0.25, 0.3) is 0 Å². The molecule has 1 atom stereocenters. The van der Waals surface area contributed by atoms with Gasteiger partial charge in [0.05, 0.1) is 6.04 Å². The van der Waals surface area contributed by atoms with Gasteiger partial charge in [-0.1, -0.05) is 0 Å². The Kier molecular flexibility index (Phi) is 2.65. The fourth-order valence-electron chi connectivity index (χ4n) is 2.30. The van der Waals surface area contributed by atoms with Crippen LogP contribution < -0.4 is 0 Å². The summed E-state index contributed by atoms with van der Waals surface area (Å²) in [6.07, 6.45) is 3.26. The average Bonchev–Trinajstić information content (AvgIpc) is 2.02. The molecule has 3 heteroatoms. The van der Waals surface area contributed by atoms with Crippen LogP contribution in [0.1, 0.15) is 26.2 Å². The Morgan fingerprint density at radius 2 is 2.00 bits per heavy atom. The highest BCUT2D eigenvalue weighted by Crippen LogP contribution is 2.26. The van der Waals surface area contributed by atoms with Gasteiger partial charge in [-0.3, -0.25) is 9.69 Å². The molecule has 2 aliphatic heterocycles. The summed E-state index contributed by atoms with van der Waals surface area (Å²) in [6, 6.07) is 0.833. The van der Waals surface area contributed by atoms with Crippen LogP contribution in [-0.4, -0.2) is 42.5 Å². The van der Waals surface area contributed by atoms with E-state index in [-0.39, 0.29) is 6.04 Å². The second kappa shape index (κ2) is 3.76. The number of hydrogen-bond donors (Lipinski definition) is 0. The highest BCUT2D eigenvalue weighted by atomic mass is 16.5. The predicted molar refractivity (Wildman–Crippen MR) is 49.6 cm³/mol. The van der Waals surface area contributed by atoms with Crippen molar-refractivity contribution >= 4 is 5.78 Å². The number of ketones is 1. The Labute approximate surface area is 79.0 Å². The van der Waals surface area contributed by atoms with Gasteiger partial charge in [0.2, 0.25) is 0 Å². The monoisotopic (exact) mass is 183 g/mol. The van der Waals surface area contributed by atoms with Crippen LogP contribution in [0, 0.1) is 0 Å². The SMILES string of the molecule is CC(=O)[C@@H]1CCN1C1CCOCC1. The molecule has 2 saturated heterocycles. The number of ether oxygens (including phenoxy) is 1. The van der Waals surface area contributed by atoms with E-state index in [1.165, 1.54) is 0 Å². The Bertz CT molecular complexity index is 199. The molecule has 0 amide bonds. The first-order valence-corrected chi connectivity index (χ1v) is 5.13. The van der Waals surface area contributed by atoms with E-state index < -0.39 is 0 Å². The van der Waals surface area contributed by atoms with Crippen molar-refractivity contribution in [2.45, 2.75) is 38.3 Å². The number of rotatable bonds is 2. The van der Waals surface area contributed by atoms with E-state index in [2.05, 4.69) is 4.90 Å². The van der Waals surface area contributed by atoms with E-state index in [4.69, 9.17) is 4.74 Å². The molecule has 0 aromatic heterocycles. The van der Waals surface area contributed by atoms with Gasteiger partial charge in [0, 0.05) is 25.8 Å². The standard InChI is InChI=1S/C10H17NO2/c1-8(12)10-2-5-11(10)9-3-6-13-7-4-9/h9-10H,2-7H2,1H3/t10-/m0/s1. The lowest BCUT2D eigenvalue weighted by molar-refractivity contribution is -0.130. The highest BCUT2D eigenvalue weighted by molar-refractivity contribution is 5.82. The lowest BCUT2D eigenvalue weighted by Gasteiger charge is -2.46.